The molecule has 2 saturated heterocycles. The quantitative estimate of drug-likeness (QED) is 0.134. The molecule has 2 fully saturated rings. The molecular formula is C38H72N4O11. The maximum absolute atomic E-state index is 14.0. The minimum Gasteiger partial charge on any atom is -0.461 e. The average molecular weight is 761 g/mol. The van der Waals surface area contributed by atoms with Gasteiger partial charge in [0.05, 0.1) is 36.2 Å². The van der Waals surface area contributed by atoms with Crippen LogP contribution in [-0.2, 0) is 38.1 Å². The number of nitrogens with zero attached hydrogens (tertiary/aromatic N) is 2. The lowest BCUT2D eigenvalue weighted by Gasteiger charge is -2.48. The number of esters is 2. The van der Waals surface area contributed by atoms with Crippen molar-refractivity contribution in [3.8, 4) is 0 Å². The second-order valence-electron chi connectivity index (χ2n) is 16.3. The molecule has 310 valence electrons. The molecule has 2 aliphatic rings. The van der Waals surface area contributed by atoms with Crippen molar-refractivity contribution in [3.63, 3.8) is 0 Å². The lowest BCUT2D eigenvalue weighted by atomic mass is 9.77. The Labute approximate surface area is 317 Å². The lowest BCUT2D eigenvalue weighted by molar-refractivity contribution is -0.301. The lowest BCUT2D eigenvalue weighted by Crippen LogP contribution is -2.60. The van der Waals surface area contributed by atoms with E-state index in [2.05, 4.69) is 15.5 Å². The summed E-state index contributed by atoms with van der Waals surface area (Å²) in [6.07, 6.45) is -5.57. The maximum atomic E-state index is 14.0. The summed E-state index contributed by atoms with van der Waals surface area (Å²) in [5, 5.41) is 40.4. The smallest absolute Gasteiger partial charge is 0.312 e. The van der Waals surface area contributed by atoms with Gasteiger partial charge in [-0.05, 0) is 102 Å². The number of likely N-dealkylation sites (N-methyl/N-ethyl adjacent to an activating group) is 1. The highest BCUT2D eigenvalue weighted by Gasteiger charge is 2.52. The largest absolute Gasteiger partial charge is 0.461 e. The number of carbonyl (C=O) groups excluding carboxylic acids is 3. The minimum absolute atomic E-state index is 0.0279. The molecule has 15 nitrogen and oxygen atoms in total. The van der Waals surface area contributed by atoms with Gasteiger partial charge in [-0.1, -0.05) is 20.8 Å². The number of ether oxygens (including phenoxy) is 5. The van der Waals surface area contributed by atoms with Crippen LogP contribution in [-0.4, -0.2) is 164 Å². The Hall–Kier alpha value is -1.95. The van der Waals surface area contributed by atoms with Gasteiger partial charge >= 0.3 is 11.9 Å². The number of rotatable bonds is 13. The molecule has 0 radical (unpaired) electrons. The molecule has 0 spiro atoms. The van der Waals surface area contributed by atoms with Crippen molar-refractivity contribution in [1.82, 2.24) is 20.4 Å². The molecule has 15 heteroatoms. The summed E-state index contributed by atoms with van der Waals surface area (Å²) in [7, 11) is 9.21. The highest BCUT2D eigenvalue weighted by molar-refractivity contribution is 5.79. The van der Waals surface area contributed by atoms with Crippen LogP contribution in [0.2, 0.25) is 0 Å². The Morgan fingerprint density at radius 2 is 1.70 bits per heavy atom. The van der Waals surface area contributed by atoms with E-state index in [1.165, 1.54) is 14.0 Å². The third-order valence-corrected chi connectivity index (χ3v) is 11.1. The Bertz CT molecular complexity index is 1160. The van der Waals surface area contributed by atoms with Crippen LogP contribution in [0.1, 0.15) is 87.5 Å². The Morgan fingerprint density at radius 3 is 2.26 bits per heavy atom. The highest BCUT2D eigenvalue weighted by Crippen LogP contribution is 2.39. The third-order valence-electron chi connectivity index (χ3n) is 11.1. The summed E-state index contributed by atoms with van der Waals surface area (Å²) in [6, 6.07) is -1.21. The fraction of sp³-hybridized carbons (Fsp3) is 0.921. The molecule has 0 saturated carbocycles. The monoisotopic (exact) mass is 761 g/mol. The summed E-state index contributed by atoms with van der Waals surface area (Å²) in [5.74, 6) is -4.30. The first-order valence-corrected chi connectivity index (χ1v) is 19.3. The van der Waals surface area contributed by atoms with Crippen molar-refractivity contribution in [1.29, 1.82) is 0 Å². The van der Waals surface area contributed by atoms with E-state index in [9.17, 15) is 29.7 Å². The number of carbonyl (C=O) groups is 3. The molecule has 14 atom stereocenters. The first-order chi connectivity index (χ1) is 24.6. The van der Waals surface area contributed by atoms with E-state index in [-0.39, 0.29) is 31.4 Å². The number of cyclic esters (lactones) is 1. The summed E-state index contributed by atoms with van der Waals surface area (Å²) < 4.78 is 31.2. The van der Waals surface area contributed by atoms with Gasteiger partial charge in [-0.3, -0.25) is 14.4 Å². The third kappa shape index (κ3) is 12.8. The number of aliphatic hydroxyl groups excluding tert-OH is 2. The van der Waals surface area contributed by atoms with Crippen LogP contribution in [0.5, 0.6) is 0 Å². The van der Waals surface area contributed by atoms with Gasteiger partial charge in [0.2, 0.25) is 5.91 Å². The van der Waals surface area contributed by atoms with Gasteiger partial charge in [0, 0.05) is 31.5 Å². The molecule has 0 unspecified atom stereocenters. The van der Waals surface area contributed by atoms with Crippen molar-refractivity contribution >= 4 is 17.8 Å². The molecule has 1 amide bonds. The number of aliphatic hydroxyl groups is 3. The van der Waals surface area contributed by atoms with Crippen molar-refractivity contribution in [2.75, 3.05) is 54.9 Å². The van der Waals surface area contributed by atoms with Crippen LogP contribution in [0.25, 0.3) is 0 Å². The van der Waals surface area contributed by atoms with E-state index in [0.29, 0.717) is 19.5 Å². The first-order valence-electron chi connectivity index (χ1n) is 19.3. The number of amides is 1. The Morgan fingerprint density at radius 1 is 1.06 bits per heavy atom. The molecule has 2 aliphatic heterocycles. The predicted molar refractivity (Wildman–Crippen MR) is 200 cm³/mol. The van der Waals surface area contributed by atoms with E-state index in [0.717, 1.165) is 13.0 Å². The average Bonchev–Trinajstić information content (AvgIpc) is 3.08. The van der Waals surface area contributed by atoms with Crippen molar-refractivity contribution in [2.24, 2.45) is 17.8 Å². The van der Waals surface area contributed by atoms with E-state index in [4.69, 9.17) is 23.7 Å². The van der Waals surface area contributed by atoms with E-state index < -0.39 is 89.7 Å². The van der Waals surface area contributed by atoms with Crippen LogP contribution in [0.15, 0.2) is 0 Å². The molecule has 2 heterocycles. The molecule has 0 aromatic rings. The van der Waals surface area contributed by atoms with Crippen LogP contribution in [0, 0.1) is 17.8 Å². The normalized spacial score (nSPS) is 39.6. The van der Waals surface area contributed by atoms with Gasteiger partial charge in [-0.25, -0.2) is 0 Å². The summed E-state index contributed by atoms with van der Waals surface area (Å²) in [4.78, 5) is 45.2. The van der Waals surface area contributed by atoms with Gasteiger partial charge in [0.1, 0.15) is 30.0 Å². The number of hydrogen-bond donors (Lipinski definition) is 5. The fourth-order valence-corrected chi connectivity index (χ4v) is 7.66. The topological polar surface area (TPSA) is 189 Å². The van der Waals surface area contributed by atoms with Crippen molar-refractivity contribution in [2.45, 2.75) is 154 Å². The van der Waals surface area contributed by atoms with Gasteiger partial charge in [-0.2, -0.15) is 0 Å². The van der Waals surface area contributed by atoms with Gasteiger partial charge in [0.15, 0.2) is 6.29 Å². The number of methoxy groups -OCH3 is 1. The molecule has 53 heavy (non-hydrogen) atoms. The van der Waals surface area contributed by atoms with E-state index >= 15 is 0 Å². The van der Waals surface area contributed by atoms with E-state index in [1.807, 2.05) is 40.0 Å². The SMILES string of the molecule is CC[C@H]1OC(=O)[C@H](C)[C@@H](OC(=O)CCNCCCN(C)C)[C@H](C)[C@@H](O[C@@H]2O[C@H](C)C[C@H](N(C)C)[C@H]2O)[C@](C)(OC)C[C@@H](C)C(=O)N[C@H](C)[C@@H](O)[C@]1(C)O. The van der Waals surface area contributed by atoms with E-state index in [1.54, 1.807) is 41.5 Å². The van der Waals surface area contributed by atoms with Gasteiger partial charge in [0.25, 0.3) is 0 Å². The first kappa shape index (κ1) is 47.2. The summed E-state index contributed by atoms with van der Waals surface area (Å²) in [5.41, 5.74) is -3.22. The maximum Gasteiger partial charge on any atom is 0.312 e. The zero-order valence-corrected chi connectivity index (χ0v) is 34.6. The molecule has 0 aliphatic carbocycles. The van der Waals surface area contributed by atoms with Crippen LogP contribution >= 0.6 is 0 Å². The van der Waals surface area contributed by atoms with Crippen LogP contribution in [0.4, 0.5) is 0 Å². The van der Waals surface area contributed by atoms with Crippen molar-refractivity contribution < 1.29 is 53.4 Å². The second-order valence-corrected chi connectivity index (χ2v) is 16.3. The molecular weight excluding hydrogens is 688 g/mol. The Kier molecular flexibility index (Phi) is 18.5. The summed E-state index contributed by atoms with van der Waals surface area (Å²) >= 11 is 0. The van der Waals surface area contributed by atoms with Crippen LogP contribution < -0.4 is 10.6 Å². The predicted octanol–water partition coefficient (Wildman–Crippen LogP) is 1.30. The standard InChI is InChI=1S/C38H72N4O11/c1-14-28-38(8,48)32(45)26(6)40-34(46)22(2)21-37(7,49-13)33(53-36-30(44)27(42(11)12)20-23(3)50-36)24(4)31(25(5)35(47)51-28)52-29(43)16-18-39-17-15-19-41(9)10/h22-28,30-33,36,39,44-45,48H,14-21H2,1-13H3,(H,40,46)/t22-,23-,24+,25-,26-,27+,28-,30-,31+,32-,33-,36+,37-,38-/m1/s1. The molecule has 0 aromatic carbocycles. The Balaban J connectivity index is 2.66. The molecule has 5 N–H and O–H groups in total. The molecule has 0 bridgehead atoms. The van der Waals surface area contributed by atoms with Gasteiger partial charge in [-0.15, -0.1) is 0 Å². The van der Waals surface area contributed by atoms with Crippen LogP contribution in [0.3, 0.4) is 0 Å². The summed E-state index contributed by atoms with van der Waals surface area (Å²) in [6.45, 7) is 15.3. The number of hydrogen-bond acceptors (Lipinski definition) is 14. The second kappa shape index (κ2) is 20.8. The fourth-order valence-electron chi connectivity index (χ4n) is 7.66. The zero-order chi connectivity index (χ0) is 40.4. The molecule has 2 rings (SSSR count). The zero-order valence-electron chi connectivity index (χ0n) is 34.6. The van der Waals surface area contributed by atoms with Gasteiger partial charge < -0.3 is 59.4 Å². The highest BCUT2D eigenvalue weighted by atomic mass is 16.7. The van der Waals surface area contributed by atoms with Crippen molar-refractivity contribution in [3.05, 3.63) is 0 Å². The molecule has 0 aromatic heterocycles. The number of nitrogens with one attached hydrogen (secondary N) is 2. The minimum atomic E-state index is -1.95.